The Balaban J connectivity index is 0.00000800. The number of pyridine rings is 1. The number of halogens is 1. The summed E-state index contributed by atoms with van der Waals surface area (Å²) >= 11 is 0. The van der Waals surface area contributed by atoms with Crippen LogP contribution in [0.15, 0.2) is 24.4 Å². The molecule has 1 fully saturated rings. The van der Waals surface area contributed by atoms with Gasteiger partial charge in [-0.2, -0.15) is 0 Å². The van der Waals surface area contributed by atoms with E-state index in [2.05, 4.69) is 6.92 Å². The number of hydrogen-bond acceptors (Lipinski definition) is 5. The lowest BCUT2D eigenvalue weighted by Gasteiger charge is -2.35. The molecule has 0 aliphatic carbocycles. The van der Waals surface area contributed by atoms with Crippen LogP contribution in [0.4, 0.5) is 4.79 Å². The monoisotopic (exact) mass is 674 g/mol. The lowest BCUT2D eigenvalue weighted by Crippen LogP contribution is -3.00. The second-order valence-corrected chi connectivity index (χ2v) is 10.9. The molecule has 0 saturated carbocycles. The van der Waals surface area contributed by atoms with E-state index in [1.807, 2.05) is 35.9 Å². The summed E-state index contributed by atoms with van der Waals surface area (Å²) in [4.78, 5) is 25.7. The van der Waals surface area contributed by atoms with Crippen molar-refractivity contribution in [2.24, 2.45) is 0 Å². The van der Waals surface area contributed by atoms with Gasteiger partial charge in [0.25, 0.3) is 0 Å². The highest BCUT2D eigenvalue weighted by Crippen LogP contribution is 2.22. The molecule has 1 aliphatic rings. The SMILES string of the molecule is CCCCCCCCCCCCCCCCOC[C@@H]1C[C@H](COC(=O)N(Cc2cccc[n+]2CC)C(C)=O)O1.[I-]. The molecule has 1 saturated heterocycles. The van der Waals surface area contributed by atoms with Crippen LogP contribution in [-0.2, 0) is 32.1 Å². The summed E-state index contributed by atoms with van der Waals surface area (Å²) in [6.07, 6.45) is 21.0. The number of carbonyl (C=O) groups is 2. The van der Waals surface area contributed by atoms with Gasteiger partial charge >= 0.3 is 6.09 Å². The third-order valence-electron chi connectivity index (χ3n) is 7.55. The Hall–Kier alpha value is -1.26. The van der Waals surface area contributed by atoms with E-state index in [1.165, 1.54) is 90.4 Å². The van der Waals surface area contributed by atoms with Crippen LogP contribution >= 0.6 is 0 Å². The van der Waals surface area contributed by atoms with E-state index in [1.54, 1.807) is 0 Å². The highest BCUT2D eigenvalue weighted by atomic mass is 127. The number of amides is 2. The molecule has 40 heavy (non-hydrogen) atoms. The van der Waals surface area contributed by atoms with Gasteiger partial charge in [0.05, 0.1) is 18.8 Å². The maximum atomic E-state index is 12.5. The number of nitrogens with zero attached hydrogens (tertiary/aromatic N) is 2. The number of ether oxygens (including phenoxy) is 3. The Labute approximate surface area is 260 Å². The zero-order valence-electron chi connectivity index (χ0n) is 25.4. The van der Waals surface area contributed by atoms with Gasteiger partial charge in [-0.3, -0.25) is 4.79 Å². The summed E-state index contributed by atoms with van der Waals surface area (Å²) in [6.45, 7) is 8.15. The minimum absolute atomic E-state index is 0. The smallest absolute Gasteiger partial charge is 0.417 e. The average Bonchev–Trinajstić information content (AvgIpc) is 2.91. The third-order valence-corrected chi connectivity index (χ3v) is 7.55. The molecule has 0 spiro atoms. The van der Waals surface area contributed by atoms with Crippen LogP contribution in [0.3, 0.4) is 0 Å². The maximum Gasteiger partial charge on any atom is 0.417 e. The molecule has 2 rings (SSSR count). The topological polar surface area (TPSA) is 69.0 Å². The van der Waals surface area contributed by atoms with Crippen molar-refractivity contribution in [3.8, 4) is 0 Å². The first-order valence-corrected chi connectivity index (χ1v) is 15.7. The van der Waals surface area contributed by atoms with Gasteiger partial charge < -0.3 is 38.2 Å². The number of imide groups is 1. The van der Waals surface area contributed by atoms with Gasteiger partial charge in [0.15, 0.2) is 6.20 Å². The summed E-state index contributed by atoms with van der Waals surface area (Å²) in [5, 5.41) is 0. The molecule has 8 heteroatoms. The first-order valence-electron chi connectivity index (χ1n) is 15.7. The summed E-state index contributed by atoms with van der Waals surface area (Å²) < 4.78 is 19.0. The third kappa shape index (κ3) is 15.7. The van der Waals surface area contributed by atoms with Crippen LogP contribution < -0.4 is 28.5 Å². The molecule has 0 N–H and O–H groups in total. The molecular weight excluding hydrogens is 619 g/mol. The van der Waals surface area contributed by atoms with Crippen molar-refractivity contribution in [1.29, 1.82) is 0 Å². The summed E-state index contributed by atoms with van der Waals surface area (Å²) in [6, 6.07) is 5.73. The molecule has 1 aliphatic heterocycles. The van der Waals surface area contributed by atoms with E-state index in [-0.39, 0.29) is 55.2 Å². The molecular formula is C32H55IN2O5. The first kappa shape index (κ1) is 36.8. The summed E-state index contributed by atoms with van der Waals surface area (Å²) in [5.74, 6) is -0.337. The van der Waals surface area contributed by atoms with E-state index in [0.717, 1.165) is 36.6 Å². The molecule has 0 radical (unpaired) electrons. The Bertz CT molecular complexity index is 803. The van der Waals surface area contributed by atoms with E-state index >= 15 is 0 Å². The lowest BCUT2D eigenvalue weighted by atomic mass is 10.0. The number of rotatable bonds is 22. The van der Waals surface area contributed by atoms with Crippen LogP contribution in [0.2, 0.25) is 0 Å². The normalized spacial score (nSPS) is 16.2. The maximum absolute atomic E-state index is 12.5. The van der Waals surface area contributed by atoms with Gasteiger partial charge in [0, 0.05) is 32.1 Å². The zero-order chi connectivity index (χ0) is 28.1. The molecule has 7 nitrogen and oxygen atoms in total. The molecule has 0 bridgehead atoms. The van der Waals surface area contributed by atoms with Gasteiger partial charge in [-0.05, 0) is 13.3 Å². The second kappa shape index (κ2) is 23.3. The van der Waals surface area contributed by atoms with Crippen LogP contribution in [0.1, 0.15) is 123 Å². The van der Waals surface area contributed by atoms with Crippen LogP contribution in [0, 0.1) is 0 Å². The quantitative estimate of drug-likeness (QED) is 0.105. The molecule has 0 aromatic carbocycles. The van der Waals surface area contributed by atoms with Crippen molar-refractivity contribution in [3.05, 3.63) is 30.1 Å². The lowest BCUT2D eigenvalue weighted by molar-refractivity contribution is -0.701. The Kier molecular flexibility index (Phi) is 21.4. The predicted octanol–water partition coefficient (Wildman–Crippen LogP) is 4.14. The van der Waals surface area contributed by atoms with Gasteiger partial charge in [-0.1, -0.05) is 96.5 Å². The fourth-order valence-corrected chi connectivity index (χ4v) is 5.05. The molecule has 1 aromatic heterocycles. The molecule has 2 atom stereocenters. The molecule has 0 unspecified atom stereocenters. The second-order valence-electron chi connectivity index (χ2n) is 10.9. The largest absolute Gasteiger partial charge is 1.00 e. The fraction of sp³-hybridized carbons (Fsp3) is 0.781. The van der Waals surface area contributed by atoms with E-state index in [9.17, 15) is 9.59 Å². The Morgan fingerprint density at radius 1 is 0.875 bits per heavy atom. The predicted molar refractivity (Wildman–Crippen MR) is 154 cm³/mol. The van der Waals surface area contributed by atoms with Gasteiger partial charge in [-0.25, -0.2) is 14.3 Å². The Morgan fingerprint density at radius 2 is 1.43 bits per heavy atom. The van der Waals surface area contributed by atoms with Crippen molar-refractivity contribution in [1.82, 2.24) is 4.90 Å². The number of unbranched alkanes of at least 4 members (excludes halogenated alkanes) is 13. The van der Waals surface area contributed by atoms with E-state index < -0.39 is 6.09 Å². The molecule has 230 valence electrons. The van der Waals surface area contributed by atoms with Crippen LogP contribution in [-0.4, -0.2) is 48.9 Å². The minimum atomic E-state index is -0.630. The first-order chi connectivity index (χ1) is 19.0. The van der Waals surface area contributed by atoms with E-state index in [0.29, 0.717) is 6.61 Å². The van der Waals surface area contributed by atoms with Crippen molar-refractivity contribution < 1.29 is 52.3 Å². The van der Waals surface area contributed by atoms with Crippen LogP contribution in [0.5, 0.6) is 0 Å². The summed E-state index contributed by atoms with van der Waals surface area (Å²) in [7, 11) is 0. The van der Waals surface area contributed by atoms with Gasteiger partial charge in [-0.15, -0.1) is 0 Å². The number of aryl methyl sites for hydroxylation is 1. The van der Waals surface area contributed by atoms with Crippen molar-refractivity contribution >= 4 is 12.0 Å². The standard InChI is InChI=1S/C32H55N2O5.HI/c1-4-6-7-8-9-10-11-12-13-14-15-16-17-20-23-37-26-30-24-31(39-30)27-38-32(36)34(28(3)35)25-29-21-18-19-22-33(29)5-2;/h18-19,21-22,30-31H,4-17,20,23-27H2,1-3H3;1H/q+1;/p-1/t30-,31+;/m0./s1. The molecule has 2 amide bonds. The number of aromatic nitrogens is 1. The number of hydrogen-bond donors (Lipinski definition) is 0. The molecule has 1 aromatic rings. The highest BCUT2D eigenvalue weighted by Gasteiger charge is 2.32. The fourth-order valence-electron chi connectivity index (χ4n) is 5.05. The van der Waals surface area contributed by atoms with Crippen molar-refractivity contribution in [3.63, 3.8) is 0 Å². The van der Waals surface area contributed by atoms with Gasteiger partial charge in [0.1, 0.15) is 19.7 Å². The minimum Gasteiger partial charge on any atom is -1.00 e. The zero-order valence-corrected chi connectivity index (χ0v) is 27.6. The average molecular weight is 675 g/mol. The van der Waals surface area contributed by atoms with Gasteiger partial charge in [0.2, 0.25) is 11.6 Å². The van der Waals surface area contributed by atoms with Crippen molar-refractivity contribution in [2.45, 2.75) is 142 Å². The molecule has 2 heterocycles. The highest BCUT2D eigenvalue weighted by molar-refractivity contribution is 5.90. The van der Waals surface area contributed by atoms with E-state index in [4.69, 9.17) is 14.2 Å². The summed E-state index contributed by atoms with van der Waals surface area (Å²) in [5.41, 5.74) is 0.878. The number of carbonyl (C=O) groups excluding carboxylic acids is 2. The van der Waals surface area contributed by atoms with Crippen LogP contribution in [0.25, 0.3) is 0 Å². The van der Waals surface area contributed by atoms with Crippen molar-refractivity contribution in [2.75, 3.05) is 19.8 Å². The Morgan fingerprint density at radius 3 is 1.98 bits per heavy atom.